The van der Waals surface area contributed by atoms with Gasteiger partial charge in [0.25, 0.3) is 0 Å². The summed E-state index contributed by atoms with van der Waals surface area (Å²) < 4.78 is 0. The highest BCUT2D eigenvalue weighted by Gasteiger charge is 2.10. The van der Waals surface area contributed by atoms with E-state index in [1.165, 1.54) is 11.1 Å². The van der Waals surface area contributed by atoms with Crippen LogP contribution >= 0.6 is 11.6 Å². The fourth-order valence-electron chi connectivity index (χ4n) is 2.38. The molecular formula is C15H16ClN3. The molecule has 3 nitrogen and oxygen atoms in total. The van der Waals surface area contributed by atoms with Crippen LogP contribution in [0.15, 0.2) is 30.3 Å². The molecule has 0 spiro atoms. The Morgan fingerprint density at radius 2 is 1.84 bits per heavy atom. The zero-order valence-corrected chi connectivity index (χ0v) is 11.5. The van der Waals surface area contributed by atoms with Crippen molar-refractivity contribution in [2.45, 2.75) is 19.3 Å². The molecule has 1 aliphatic rings. The first-order valence-electron chi connectivity index (χ1n) is 6.61. The van der Waals surface area contributed by atoms with Crippen molar-refractivity contribution in [1.29, 1.82) is 0 Å². The number of nitrogens with one attached hydrogen (secondary N) is 1. The largest absolute Gasteiger partial charge is 0.316 e. The minimum atomic E-state index is 0.767. The summed E-state index contributed by atoms with van der Waals surface area (Å²) in [7, 11) is 0. The van der Waals surface area contributed by atoms with Gasteiger partial charge in [-0.15, -0.1) is 0 Å². The van der Waals surface area contributed by atoms with Crippen molar-refractivity contribution in [2.24, 2.45) is 0 Å². The fourth-order valence-corrected chi connectivity index (χ4v) is 2.51. The third kappa shape index (κ3) is 3.11. The number of halogens is 1. The molecule has 0 saturated carbocycles. The summed E-state index contributed by atoms with van der Waals surface area (Å²) in [5.74, 6) is 0. The molecule has 0 bridgehead atoms. The second kappa shape index (κ2) is 5.68. The Kier molecular flexibility index (Phi) is 3.76. The lowest BCUT2D eigenvalue weighted by atomic mass is 10.1. The molecule has 0 saturated heterocycles. The predicted molar refractivity (Wildman–Crippen MR) is 76.6 cm³/mol. The second-order valence-corrected chi connectivity index (χ2v) is 5.30. The van der Waals surface area contributed by atoms with Gasteiger partial charge in [0.05, 0.1) is 11.4 Å². The van der Waals surface area contributed by atoms with E-state index < -0.39 is 0 Å². The normalized spacial score (nSPS) is 14.8. The number of rotatable bonds is 2. The van der Waals surface area contributed by atoms with E-state index in [0.29, 0.717) is 0 Å². The van der Waals surface area contributed by atoms with Crippen LogP contribution in [0.4, 0.5) is 0 Å². The van der Waals surface area contributed by atoms with Crippen molar-refractivity contribution >= 4 is 11.6 Å². The van der Waals surface area contributed by atoms with Gasteiger partial charge in [0.2, 0.25) is 0 Å². The Hall–Kier alpha value is -1.45. The average molecular weight is 274 g/mol. The van der Waals surface area contributed by atoms with Crippen molar-refractivity contribution in [3.63, 3.8) is 0 Å². The lowest BCUT2D eigenvalue weighted by Gasteiger charge is -2.06. The lowest BCUT2D eigenvalue weighted by molar-refractivity contribution is 0.706. The minimum Gasteiger partial charge on any atom is -0.316 e. The molecule has 0 fully saturated rings. The number of nitrogens with zero attached hydrogens (tertiary/aromatic N) is 2. The van der Waals surface area contributed by atoms with Crippen molar-refractivity contribution in [3.05, 3.63) is 57.9 Å². The molecule has 3 rings (SSSR count). The first-order valence-corrected chi connectivity index (χ1v) is 6.98. The van der Waals surface area contributed by atoms with E-state index in [1.807, 2.05) is 24.3 Å². The Bertz CT molecular complexity index is 566. The molecule has 0 atom stereocenters. The Balaban J connectivity index is 1.81. The molecule has 1 N–H and O–H groups in total. The van der Waals surface area contributed by atoms with Crippen LogP contribution in [0.2, 0.25) is 5.02 Å². The van der Waals surface area contributed by atoms with Gasteiger partial charge in [-0.3, -0.25) is 0 Å². The third-order valence-corrected chi connectivity index (χ3v) is 3.67. The summed E-state index contributed by atoms with van der Waals surface area (Å²) >= 11 is 5.89. The molecular weight excluding hydrogens is 258 g/mol. The maximum Gasteiger partial charge on any atom is 0.0677 e. The van der Waals surface area contributed by atoms with Crippen LogP contribution in [0.3, 0.4) is 0 Å². The van der Waals surface area contributed by atoms with Crippen LogP contribution in [0.25, 0.3) is 0 Å². The first-order chi connectivity index (χ1) is 9.31. The third-order valence-electron chi connectivity index (χ3n) is 3.42. The van der Waals surface area contributed by atoms with Crippen molar-refractivity contribution in [2.75, 3.05) is 13.1 Å². The number of hydrogen-bond donors (Lipinski definition) is 1. The molecule has 2 heterocycles. The number of aromatic nitrogens is 2. The van der Waals surface area contributed by atoms with Gasteiger partial charge in [-0.05, 0) is 42.3 Å². The highest BCUT2D eigenvalue weighted by molar-refractivity contribution is 6.30. The number of hydrogen-bond acceptors (Lipinski definition) is 3. The highest BCUT2D eigenvalue weighted by atomic mass is 35.5. The molecule has 0 amide bonds. The smallest absolute Gasteiger partial charge is 0.0677 e. The van der Waals surface area contributed by atoms with E-state index >= 15 is 0 Å². The molecule has 1 aromatic heterocycles. The van der Waals surface area contributed by atoms with Gasteiger partial charge in [0.1, 0.15) is 0 Å². The van der Waals surface area contributed by atoms with Crippen LogP contribution in [-0.4, -0.2) is 23.3 Å². The number of fused-ring (bicyclic) bond motifs is 1. The summed E-state index contributed by atoms with van der Waals surface area (Å²) in [4.78, 5) is 0. The predicted octanol–water partition coefficient (Wildman–Crippen LogP) is 2.41. The Morgan fingerprint density at radius 3 is 2.68 bits per heavy atom. The standard InChI is InChI=1S/C15H16ClN3/c16-13-3-1-11(2-4-13)9-14-10-12-5-7-17-8-6-15(12)19-18-14/h1-4,10,17H,5-9H2. The zero-order chi connectivity index (χ0) is 13.1. The average Bonchev–Trinajstić information content (AvgIpc) is 2.66. The molecule has 4 heteroatoms. The van der Waals surface area contributed by atoms with E-state index in [1.54, 1.807) is 0 Å². The van der Waals surface area contributed by atoms with Crippen LogP contribution in [0.5, 0.6) is 0 Å². The van der Waals surface area contributed by atoms with Crippen LogP contribution in [0.1, 0.15) is 22.5 Å². The zero-order valence-electron chi connectivity index (χ0n) is 10.7. The quantitative estimate of drug-likeness (QED) is 0.913. The van der Waals surface area contributed by atoms with E-state index in [0.717, 1.165) is 48.8 Å². The van der Waals surface area contributed by atoms with Crippen molar-refractivity contribution in [3.8, 4) is 0 Å². The molecule has 2 aromatic rings. The molecule has 98 valence electrons. The van der Waals surface area contributed by atoms with Crippen molar-refractivity contribution < 1.29 is 0 Å². The Morgan fingerprint density at radius 1 is 1.05 bits per heavy atom. The molecule has 1 aromatic carbocycles. The van der Waals surface area contributed by atoms with E-state index in [4.69, 9.17) is 11.6 Å². The van der Waals surface area contributed by atoms with Crippen molar-refractivity contribution in [1.82, 2.24) is 15.5 Å². The topological polar surface area (TPSA) is 37.8 Å². The Labute approximate surface area is 118 Å². The van der Waals surface area contributed by atoms with Gasteiger partial charge in [0.15, 0.2) is 0 Å². The number of benzene rings is 1. The highest BCUT2D eigenvalue weighted by Crippen LogP contribution is 2.15. The molecule has 1 aliphatic heterocycles. The first kappa shape index (κ1) is 12.6. The summed E-state index contributed by atoms with van der Waals surface area (Å²) in [5, 5.41) is 12.9. The summed E-state index contributed by atoms with van der Waals surface area (Å²) in [6.45, 7) is 2.03. The van der Waals surface area contributed by atoms with Gasteiger partial charge < -0.3 is 5.32 Å². The summed E-state index contributed by atoms with van der Waals surface area (Å²) in [6, 6.07) is 10.1. The maximum atomic E-state index is 5.89. The lowest BCUT2D eigenvalue weighted by Crippen LogP contribution is -2.16. The van der Waals surface area contributed by atoms with Gasteiger partial charge in [-0.25, -0.2) is 0 Å². The summed E-state index contributed by atoms with van der Waals surface area (Å²) in [5.41, 5.74) is 4.72. The molecule has 19 heavy (non-hydrogen) atoms. The van der Waals surface area contributed by atoms with Gasteiger partial charge in [-0.2, -0.15) is 10.2 Å². The molecule has 0 aliphatic carbocycles. The van der Waals surface area contributed by atoms with E-state index in [-0.39, 0.29) is 0 Å². The van der Waals surface area contributed by atoms with E-state index in [2.05, 4.69) is 21.6 Å². The SMILES string of the molecule is Clc1ccc(Cc2cc3c(nn2)CCNCC3)cc1. The molecule has 0 radical (unpaired) electrons. The maximum absolute atomic E-state index is 5.89. The van der Waals surface area contributed by atoms with Gasteiger partial charge >= 0.3 is 0 Å². The van der Waals surface area contributed by atoms with Gasteiger partial charge in [-0.1, -0.05) is 23.7 Å². The van der Waals surface area contributed by atoms with Crippen LogP contribution < -0.4 is 5.32 Å². The van der Waals surface area contributed by atoms with Crippen LogP contribution in [-0.2, 0) is 19.3 Å². The second-order valence-electron chi connectivity index (χ2n) is 4.86. The van der Waals surface area contributed by atoms with Gasteiger partial charge in [0, 0.05) is 24.4 Å². The minimum absolute atomic E-state index is 0.767. The van der Waals surface area contributed by atoms with E-state index in [9.17, 15) is 0 Å². The monoisotopic (exact) mass is 273 g/mol. The molecule has 0 unspecified atom stereocenters. The fraction of sp³-hybridized carbons (Fsp3) is 0.333. The summed E-state index contributed by atoms with van der Waals surface area (Å²) in [6.07, 6.45) is 2.83. The van der Waals surface area contributed by atoms with Crippen LogP contribution in [0, 0.1) is 0 Å².